The summed E-state index contributed by atoms with van der Waals surface area (Å²) in [6, 6.07) is 6.27. The van der Waals surface area contributed by atoms with Crippen LogP contribution in [0.3, 0.4) is 0 Å². The molecule has 96 valence electrons. The molecule has 0 spiro atoms. The zero-order valence-corrected chi connectivity index (χ0v) is 10.7. The van der Waals surface area contributed by atoms with Crippen molar-refractivity contribution in [3.63, 3.8) is 0 Å². The van der Waals surface area contributed by atoms with Gasteiger partial charge in [-0.1, -0.05) is 25.1 Å². The Morgan fingerprint density at radius 3 is 2.12 bits per heavy atom. The summed E-state index contributed by atoms with van der Waals surface area (Å²) in [5, 5.41) is 0. The van der Waals surface area contributed by atoms with Gasteiger partial charge in [0.15, 0.2) is 0 Å². The van der Waals surface area contributed by atoms with Gasteiger partial charge in [0, 0.05) is 6.42 Å². The van der Waals surface area contributed by atoms with Gasteiger partial charge in [0.1, 0.15) is 0 Å². The van der Waals surface area contributed by atoms with E-state index in [9.17, 15) is 13.2 Å². The van der Waals surface area contributed by atoms with Crippen molar-refractivity contribution in [2.24, 2.45) is 5.73 Å². The largest absolute Gasteiger partial charge is 0.370 e. The van der Waals surface area contributed by atoms with Gasteiger partial charge in [-0.3, -0.25) is 9.35 Å². The number of hydrogen-bond acceptors (Lipinski definition) is 3. The quantitative estimate of drug-likeness (QED) is 0.804. The molecule has 3 N–H and O–H groups in total. The number of amides is 1. The van der Waals surface area contributed by atoms with Crippen molar-refractivity contribution >= 4 is 16.0 Å². The maximum absolute atomic E-state index is 10.6. The summed E-state index contributed by atoms with van der Waals surface area (Å²) < 4.78 is 29.9. The Bertz CT molecular complexity index is 468. The Morgan fingerprint density at radius 1 is 1.35 bits per heavy atom. The molecule has 0 bridgehead atoms. The molecule has 0 aromatic heterocycles. The first kappa shape index (κ1) is 15.6. The van der Waals surface area contributed by atoms with Gasteiger partial charge in [0.25, 0.3) is 10.1 Å². The summed E-state index contributed by atoms with van der Waals surface area (Å²) >= 11 is 0. The van der Waals surface area contributed by atoms with Crippen LogP contribution in [-0.4, -0.2) is 18.9 Å². The Morgan fingerprint density at radius 2 is 1.88 bits per heavy atom. The summed E-state index contributed by atoms with van der Waals surface area (Å²) in [6.07, 6.45) is 1.37. The Labute approximate surface area is 101 Å². The highest BCUT2D eigenvalue weighted by Crippen LogP contribution is 2.12. The molecule has 17 heavy (non-hydrogen) atoms. The molecule has 1 rings (SSSR count). The van der Waals surface area contributed by atoms with Crippen molar-refractivity contribution in [3.05, 3.63) is 29.8 Å². The van der Waals surface area contributed by atoms with Gasteiger partial charge in [-0.15, -0.1) is 0 Å². The standard InChI is InChI=1S/C7H8O3S.C4H9NO/c1-6-4-2-3-5-7(6)11(8,9)10;1-2-3-4(5)6/h2-5H,1H3,(H,8,9,10);2-3H2,1H3,(H2,5,6). The molecule has 0 radical (unpaired) electrons. The highest BCUT2D eigenvalue weighted by atomic mass is 32.2. The van der Waals surface area contributed by atoms with Crippen LogP contribution in [-0.2, 0) is 14.9 Å². The number of rotatable bonds is 3. The molecule has 0 aliphatic rings. The third kappa shape index (κ3) is 6.70. The van der Waals surface area contributed by atoms with E-state index in [0.717, 1.165) is 6.42 Å². The molecule has 5 nitrogen and oxygen atoms in total. The van der Waals surface area contributed by atoms with Crippen LogP contribution in [0.25, 0.3) is 0 Å². The van der Waals surface area contributed by atoms with Gasteiger partial charge in [-0.25, -0.2) is 0 Å². The van der Waals surface area contributed by atoms with E-state index in [1.807, 2.05) is 6.92 Å². The lowest BCUT2D eigenvalue weighted by atomic mass is 10.2. The van der Waals surface area contributed by atoms with E-state index in [1.54, 1.807) is 25.1 Å². The smallest absolute Gasteiger partial charge is 0.294 e. The van der Waals surface area contributed by atoms with Crippen LogP contribution in [0.15, 0.2) is 29.2 Å². The minimum atomic E-state index is -4.03. The molecule has 0 heterocycles. The lowest BCUT2D eigenvalue weighted by molar-refractivity contribution is -0.118. The monoisotopic (exact) mass is 259 g/mol. The summed E-state index contributed by atoms with van der Waals surface area (Å²) in [6.45, 7) is 3.55. The zero-order chi connectivity index (χ0) is 13.5. The van der Waals surface area contributed by atoms with Crippen molar-refractivity contribution in [1.82, 2.24) is 0 Å². The highest BCUT2D eigenvalue weighted by Gasteiger charge is 2.10. The van der Waals surface area contributed by atoms with Crippen LogP contribution in [0.1, 0.15) is 25.3 Å². The second-order valence-corrected chi connectivity index (χ2v) is 4.85. The number of primary amides is 1. The number of nitrogens with two attached hydrogens (primary N) is 1. The predicted molar refractivity (Wildman–Crippen MR) is 65.1 cm³/mol. The molecular weight excluding hydrogens is 242 g/mol. The van der Waals surface area contributed by atoms with E-state index >= 15 is 0 Å². The molecule has 6 heteroatoms. The van der Waals surface area contributed by atoms with Crippen LogP contribution < -0.4 is 5.73 Å². The van der Waals surface area contributed by atoms with Crippen molar-refractivity contribution < 1.29 is 17.8 Å². The van der Waals surface area contributed by atoms with Crippen LogP contribution >= 0.6 is 0 Å². The molecule has 0 aliphatic heterocycles. The average Bonchev–Trinajstić information content (AvgIpc) is 2.17. The fourth-order valence-electron chi connectivity index (χ4n) is 1.09. The van der Waals surface area contributed by atoms with E-state index < -0.39 is 10.1 Å². The SMILES string of the molecule is CCCC(N)=O.Cc1ccccc1S(=O)(=O)O. The van der Waals surface area contributed by atoms with E-state index in [-0.39, 0.29) is 10.8 Å². The maximum atomic E-state index is 10.6. The van der Waals surface area contributed by atoms with Crippen LogP contribution in [0.2, 0.25) is 0 Å². The number of carbonyl (C=O) groups excluding carboxylic acids is 1. The first-order chi connectivity index (χ1) is 7.79. The second kappa shape index (κ2) is 7.03. The lowest BCUT2D eigenvalue weighted by Gasteiger charge is -1.99. The number of hydrogen-bond donors (Lipinski definition) is 2. The van der Waals surface area contributed by atoms with Gasteiger partial charge < -0.3 is 5.73 Å². The molecule has 0 fully saturated rings. The summed E-state index contributed by atoms with van der Waals surface area (Å²) in [4.78, 5) is 9.79. The molecular formula is C11H17NO4S. The first-order valence-electron chi connectivity index (χ1n) is 5.10. The molecule has 1 amide bonds. The summed E-state index contributed by atoms with van der Waals surface area (Å²) in [5.74, 6) is -0.211. The second-order valence-electron chi connectivity index (χ2n) is 3.46. The zero-order valence-electron chi connectivity index (χ0n) is 9.88. The van der Waals surface area contributed by atoms with E-state index in [1.165, 1.54) is 6.07 Å². The van der Waals surface area contributed by atoms with Crippen molar-refractivity contribution in [3.8, 4) is 0 Å². The van der Waals surface area contributed by atoms with Gasteiger partial charge in [-0.2, -0.15) is 8.42 Å². The molecule has 0 saturated heterocycles. The van der Waals surface area contributed by atoms with Crippen molar-refractivity contribution in [2.45, 2.75) is 31.6 Å². The third-order valence-electron chi connectivity index (χ3n) is 1.87. The summed E-state index contributed by atoms with van der Waals surface area (Å²) in [5.41, 5.74) is 5.31. The highest BCUT2D eigenvalue weighted by molar-refractivity contribution is 7.85. The van der Waals surface area contributed by atoms with Crippen LogP contribution in [0.5, 0.6) is 0 Å². The number of benzene rings is 1. The minimum absolute atomic E-state index is 0.0278. The van der Waals surface area contributed by atoms with Gasteiger partial charge in [0.2, 0.25) is 5.91 Å². The Balaban J connectivity index is 0.000000366. The minimum Gasteiger partial charge on any atom is -0.370 e. The fourth-order valence-corrected chi connectivity index (χ4v) is 1.82. The van der Waals surface area contributed by atoms with E-state index in [4.69, 9.17) is 10.3 Å². The van der Waals surface area contributed by atoms with Crippen molar-refractivity contribution in [2.75, 3.05) is 0 Å². The van der Waals surface area contributed by atoms with Gasteiger partial charge in [0.05, 0.1) is 4.90 Å². The lowest BCUT2D eigenvalue weighted by Crippen LogP contribution is -2.08. The van der Waals surface area contributed by atoms with E-state index in [0.29, 0.717) is 12.0 Å². The normalized spacial score (nSPS) is 10.3. The third-order valence-corrected chi connectivity index (χ3v) is 2.88. The topological polar surface area (TPSA) is 97.5 Å². The van der Waals surface area contributed by atoms with Crippen molar-refractivity contribution in [1.29, 1.82) is 0 Å². The summed E-state index contributed by atoms with van der Waals surface area (Å²) in [7, 11) is -4.03. The predicted octanol–water partition coefficient (Wildman–Crippen LogP) is 1.51. The van der Waals surface area contributed by atoms with Gasteiger partial charge >= 0.3 is 0 Å². The number of aryl methyl sites for hydroxylation is 1. The van der Waals surface area contributed by atoms with Crippen LogP contribution in [0, 0.1) is 6.92 Å². The Hall–Kier alpha value is -1.40. The first-order valence-corrected chi connectivity index (χ1v) is 6.54. The fraction of sp³-hybridized carbons (Fsp3) is 0.364. The maximum Gasteiger partial charge on any atom is 0.294 e. The molecule has 1 aromatic carbocycles. The molecule has 0 saturated carbocycles. The molecule has 0 aliphatic carbocycles. The molecule has 0 unspecified atom stereocenters. The molecule has 1 aromatic rings. The van der Waals surface area contributed by atoms with E-state index in [2.05, 4.69) is 0 Å². The average molecular weight is 259 g/mol. The van der Waals surface area contributed by atoms with Gasteiger partial charge in [-0.05, 0) is 25.0 Å². The molecule has 0 atom stereocenters. The Kier molecular flexibility index (Phi) is 6.45. The van der Waals surface area contributed by atoms with Crippen LogP contribution in [0.4, 0.5) is 0 Å². The number of carbonyl (C=O) groups is 1.